The van der Waals surface area contributed by atoms with Crippen LogP contribution in [0.2, 0.25) is 0 Å². The van der Waals surface area contributed by atoms with Gasteiger partial charge in [0, 0.05) is 0 Å². The number of rotatable bonds is 7. The minimum Gasteiger partial charge on any atom is -0.309 e. The highest BCUT2D eigenvalue weighted by atomic mass is 14.9. The van der Waals surface area contributed by atoms with Crippen LogP contribution in [-0.2, 0) is 0 Å². The first-order valence-electron chi connectivity index (χ1n) is 7.73. The quantitative estimate of drug-likeness (QED) is 0.823. The molecule has 3 heteroatoms. The molecule has 0 amide bonds. The number of nitrogens with zero attached hydrogens (tertiary/aromatic N) is 2. The normalized spacial score (nSPS) is 13.0. The fraction of sp³-hybridized carbons (Fsp3) is 0.529. The Morgan fingerprint density at radius 3 is 2.40 bits per heavy atom. The summed E-state index contributed by atoms with van der Waals surface area (Å²) in [6.07, 6.45) is 5.50. The predicted octanol–water partition coefficient (Wildman–Crippen LogP) is 4.11. The van der Waals surface area contributed by atoms with E-state index in [9.17, 15) is 0 Å². The summed E-state index contributed by atoms with van der Waals surface area (Å²) in [7, 11) is 0. The molecule has 0 saturated carbocycles. The first kappa shape index (κ1) is 14.9. The molecule has 1 aromatic carbocycles. The maximum absolute atomic E-state index is 4.79. The highest BCUT2D eigenvalue weighted by Crippen LogP contribution is 2.24. The van der Waals surface area contributed by atoms with Gasteiger partial charge in [-0.1, -0.05) is 45.7 Å². The van der Waals surface area contributed by atoms with E-state index in [1.54, 1.807) is 0 Å². The van der Waals surface area contributed by atoms with Crippen LogP contribution in [0.1, 0.15) is 51.8 Å². The molecule has 0 aliphatic rings. The molecule has 2 rings (SSSR count). The van der Waals surface area contributed by atoms with Gasteiger partial charge in [-0.15, -0.1) is 0 Å². The molecule has 1 N–H and O–H groups in total. The number of benzene rings is 1. The molecule has 20 heavy (non-hydrogen) atoms. The van der Waals surface area contributed by atoms with Gasteiger partial charge in [-0.05, 0) is 31.0 Å². The summed E-state index contributed by atoms with van der Waals surface area (Å²) in [6, 6.07) is 8.37. The predicted molar refractivity (Wildman–Crippen MR) is 84.6 cm³/mol. The molecular formula is C17H25N3. The van der Waals surface area contributed by atoms with Gasteiger partial charge in [-0.2, -0.15) is 0 Å². The zero-order chi connectivity index (χ0) is 14.4. The smallest absolute Gasteiger partial charge is 0.0890 e. The van der Waals surface area contributed by atoms with Gasteiger partial charge in [-0.25, -0.2) is 4.98 Å². The van der Waals surface area contributed by atoms with E-state index in [-0.39, 0.29) is 0 Å². The maximum atomic E-state index is 4.79. The van der Waals surface area contributed by atoms with Gasteiger partial charge in [-0.3, -0.25) is 4.98 Å². The lowest BCUT2D eigenvalue weighted by Crippen LogP contribution is -2.24. The van der Waals surface area contributed by atoms with Crippen molar-refractivity contribution in [1.82, 2.24) is 15.3 Å². The zero-order valence-electron chi connectivity index (χ0n) is 12.8. The van der Waals surface area contributed by atoms with Crippen LogP contribution in [0.4, 0.5) is 0 Å². The maximum Gasteiger partial charge on any atom is 0.0890 e. The van der Waals surface area contributed by atoms with Gasteiger partial charge in [0.25, 0.3) is 0 Å². The Morgan fingerprint density at radius 1 is 1.05 bits per heavy atom. The number of aromatic nitrogens is 2. The lowest BCUT2D eigenvalue weighted by molar-refractivity contribution is 0.371. The Labute approximate surface area is 121 Å². The first-order chi connectivity index (χ1) is 9.78. The molecule has 1 atom stereocenters. The van der Waals surface area contributed by atoms with Gasteiger partial charge >= 0.3 is 0 Å². The average Bonchev–Trinajstić information content (AvgIpc) is 2.51. The second kappa shape index (κ2) is 7.34. The number of hydrogen-bond acceptors (Lipinski definition) is 3. The van der Waals surface area contributed by atoms with Gasteiger partial charge in [0.05, 0.1) is 29.0 Å². The molecule has 0 aliphatic carbocycles. The molecule has 3 nitrogen and oxygen atoms in total. The highest BCUT2D eigenvalue weighted by Gasteiger charge is 2.17. The largest absolute Gasteiger partial charge is 0.309 e. The number of para-hydroxylation sites is 2. The number of fused-ring (bicyclic) bond motifs is 1. The summed E-state index contributed by atoms with van der Waals surface area (Å²) in [4.78, 5) is 9.33. The number of nitrogens with one attached hydrogen (secondary N) is 1. The molecule has 0 aliphatic heterocycles. The van der Waals surface area contributed by atoms with E-state index < -0.39 is 0 Å². The molecule has 0 bridgehead atoms. The van der Waals surface area contributed by atoms with Gasteiger partial charge in [0.2, 0.25) is 0 Å². The van der Waals surface area contributed by atoms with Crippen molar-refractivity contribution < 1.29 is 0 Å². The minimum absolute atomic E-state index is 0.307. The molecule has 0 spiro atoms. The van der Waals surface area contributed by atoms with Crippen molar-refractivity contribution in [2.24, 2.45) is 5.92 Å². The Bertz CT molecular complexity index is 535. The molecule has 0 radical (unpaired) electrons. The summed E-state index contributed by atoms with van der Waals surface area (Å²) >= 11 is 0. The second-order valence-electron chi connectivity index (χ2n) is 5.31. The van der Waals surface area contributed by atoms with Crippen LogP contribution < -0.4 is 5.32 Å². The van der Waals surface area contributed by atoms with E-state index in [0.29, 0.717) is 6.04 Å². The minimum atomic E-state index is 0.307. The van der Waals surface area contributed by atoms with Crippen molar-refractivity contribution in [1.29, 1.82) is 0 Å². The van der Waals surface area contributed by atoms with Crippen LogP contribution in [0.5, 0.6) is 0 Å². The molecule has 108 valence electrons. The third kappa shape index (κ3) is 3.54. The molecule has 0 fully saturated rings. The number of hydrogen-bond donors (Lipinski definition) is 1. The third-order valence-corrected chi connectivity index (χ3v) is 4.00. The molecule has 1 heterocycles. The van der Waals surface area contributed by atoms with Gasteiger partial charge in [0.15, 0.2) is 0 Å². The molecular weight excluding hydrogens is 246 g/mol. The Hall–Kier alpha value is -1.48. The van der Waals surface area contributed by atoms with Crippen molar-refractivity contribution in [2.75, 3.05) is 6.54 Å². The second-order valence-corrected chi connectivity index (χ2v) is 5.31. The highest BCUT2D eigenvalue weighted by molar-refractivity contribution is 5.73. The van der Waals surface area contributed by atoms with Crippen LogP contribution in [0.3, 0.4) is 0 Å². The van der Waals surface area contributed by atoms with Crippen LogP contribution >= 0.6 is 0 Å². The standard InChI is InChI=1S/C17H25N3/c1-4-13(5-2)11-16(18-6-3)17-12-19-14-9-7-8-10-15(14)20-17/h7-10,12-13,16,18H,4-6,11H2,1-3H3. The summed E-state index contributed by atoms with van der Waals surface area (Å²) in [5.41, 5.74) is 3.02. The van der Waals surface area contributed by atoms with Gasteiger partial charge < -0.3 is 5.32 Å². The fourth-order valence-corrected chi connectivity index (χ4v) is 2.65. The zero-order valence-corrected chi connectivity index (χ0v) is 12.8. The molecule has 1 aromatic heterocycles. The molecule has 2 aromatic rings. The van der Waals surface area contributed by atoms with Crippen molar-refractivity contribution in [3.8, 4) is 0 Å². The first-order valence-corrected chi connectivity index (χ1v) is 7.73. The Kier molecular flexibility index (Phi) is 5.48. The monoisotopic (exact) mass is 271 g/mol. The molecule has 1 unspecified atom stereocenters. The SMILES string of the molecule is CCNC(CC(CC)CC)c1cnc2ccccc2n1. The molecule has 0 saturated heterocycles. The van der Waals surface area contributed by atoms with E-state index in [1.807, 2.05) is 30.5 Å². The van der Waals surface area contributed by atoms with E-state index in [1.165, 1.54) is 12.8 Å². The van der Waals surface area contributed by atoms with Crippen molar-refractivity contribution in [3.05, 3.63) is 36.2 Å². The topological polar surface area (TPSA) is 37.8 Å². The summed E-state index contributed by atoms with van der Waals surface area (Å²) in [5.74, 6) is 0.743. The van der Waals surface area contributed by atoms with Crippen molar-refractivity contribution >= 4 is 11.0 Å². The van der Waals surface area contributed by atoms with Crippen LogP contribution in [0.25, 0.3) is 11.0 Å². The van der Waals surface area contributed by atoms with E-state index >= 15 is 0 Å². The average molecular weight is 271 g/mol. The van der Waals surface area contributed by atoms with Gasteiger partial charge in [0.1, 0.15) is 0 Å². The van der Waals surface area contributed by atoms with Crippen LogP contribution in [-0.4, -0.2) is 16.5 Å². The lowest BCUT2D eigenvalue weighted by Gasteiger charge is -2.22. The summed E-state index contributed by atoms with van der Waals surface area (Å²) in [5, 5.41) is 3.56. The summed E-state index contributed by atoms with van der Waals surface area (Å²) in [6.45, 7) is 7.64. The van der Waals surface area contributed by atoms with E-state index in [2.05, 4.69) is 31.1 Å². The Morgan fingerprint density at radius 2 is 1.75 bits per heavy atom. The lowest BCUT2D eigenvalue weighted by atomic mass is 9.93. The van der Waals surface area contributed by atoms with E-state index in [0.717, 1.165) is 35.6 Å². The summed E-state index contributed by atoms with van der Waals surface area (Å²) < 4.78 is 0. The van der Waals surface area contributed by atoms with Crippen LogP contribution in [0, 0.1) is 5.92 Å². The van der Waals surface area contributed by atoms with Crippen molar-refractivity contribution in [2.45, 2.75) is 46.1 Å². The third-order valence-electron chi connectivity index (χ3n) is 4.00. The van der Waals surface area contributed by atoms with Crippen molar-refractivity contribution in [3.63, 3.8) is 0 Å². The van der Waals surface area contributed by atoms with E-state index in [4.69, 9.17) is 4.98 Å². The Balaban J connectivity index is 2.25. The van der Waals surface area contributed by atoms with Crippen LogP contribution in [0.15, 0.2) is 30.5 Å². The fourth-order valence-electron chi connectivity index (χ4n) is 2.65.